The third-order valence-corrected chi connectivity index (χ3v) is 5.24. The van der Waals surface area contributed by atoms with E-state index in [0.29, 0.717) is 25.1 Å². The molecular weight excluding hydrogens is 346 g/mol. The summed E-state index contributed by atoms with van der Waals surface area (Å²) in [4.78, 5) is 30.3. The number of carbonyl (C=O) groups is 2. The van der Waals surface area contributed by atoms with Gasteiger partial charge < -0.3 is 19.3 Å². The van der Waals surface area contributed by atoms with Crippen LogP contribution in [0.2, 0.25) is 0 Å². The zero-order chi connectivity index (χ0) is 19.4. The smallest absolute Gasteiger partial charge is 0.308 e. The second-order valence-corrected chi connectivity index (χ2v) is 6.86. The van der Waals surface area contributed by atoms with E-state index in [4.69, 9.17) is 4.74 Å². The van der Waals surface area contributed by atoms with Gasteiger partial charge >= 0.3 is 5.97 Å². The fourth-order valence-corrected chi connectivity index (χ4v) is 3.74. The second kappa shape index (κ2) is 8.24. The maximum Gasteiger partial charge on any atom is 0.308 e. The van der Waals surface area contributed by atoms with Crippen molar-refractivity contribution >= 4 is 11.9 Å². The summed E-state index contributed by atoms with van der Waals surface area (Å²) >= 11 is 0. The number of aromatic nitrogens is 2. The van der Waals surface area contributed by atoms with Gasteiger partial charge in [0.2, 0.25) is 5.91 Å². The summed E-state index contributed by atoms with van der Waals surface area (Å²) < 4.78 is 7.40. The summed E-state index contributed by atoms with van der Waals surface area (Å²) in [6.45, 7) is 3.29. The number of imidazole rings is 1. The first-order valence-electron chi connectivity index (χ1n) is 9.12. The predicted octanol–water partition coefficient (Wildman–Crippen LogP) is 2.31. The van der Waals surface area contributed by atoms with E-state index in [2.05, 4.69) is 4.98 Å². The average molecular weight is 371 g/mol. The van der Waals surface area contributed by atoms with Crippen molar-refractivity contribution in [3.63, 3.8) is 0 Å². The van der Waals surface area contributed by atoms with Crippen LogP contribution in [0.4, 0.5) is 0 Å². The van der Waals surface area contributed by atoms with E-state index < -0.39 is 11.9 Å². The van der Waals surface area contributed by atoms with Crippen molar-refractivity contribution in [1.82, 2.24) is 14.5 Å². The van der Waals surface area contributed by atoms with Crippen LogP contribution in [-0.2, 0) is 16.1 Å². The quantitative estimate of drug-likeness (QED) is 0.807. The number of hydrogen-bond donors (Lipinski definition) is 1. The van der Waals surface area contributed by atoms with Crippen molar-refractivity contribution < 1.29 is 19.4 Å². The van der Waals surface area contributed by atoms with E-state index >= 15 is 0 Å². The highest BCUT2D eigenvalue weighted by Crippen LogP contribution is 2.37. The van der Waals surface area contributed by atoms with Crippen LogP contribution in [0.25, 0.3) is 0 Å². The van der Waals surface area contributed by atoms with Crippen LogP contribution in [0.5, 0.6) is 5.75 Å². The van der Waals surface area contributed by atoms with Gasteiger partial charge in [-0.15, -0.1) is 0 Å². The highest BCUT2D eigenvalue weighted by molar-refractivity contribution is 5.79. The molecule has 1 aromatic carbocycles. The van der Waals surface area contributed by atoms with E-state index in [1.807, 2.05) is 42.0 Å². The number of carboxylic acid groups (broad SMARTS) is 1. The third-order valence-electron chi connectivity index (χ3n) is 5.24. The molecule has 7 heteroatoms. The van der Waals surface area contributed by atoms with Gasteiger partial charge in [0.05, 0.1) is 13.0 Å². The molecule has 0 radical (unpaired) electrons. The fourth-order valence-electron chi connectivity index (χ4n) is 3.74. The molecule has 1 saturated heterocycles. The lowest BCUT2D eigenvalue weighted by atomic mass is 9.88. The first-order valence-corrected chi connectivity index (χ1v) is 9.12. The maximum absolute atomic E-state index is 12.6. The standard InChI is InChI=1S/C20H25N3O4/c1-14-21-9-11-22(14)10-5-8-19(24)23-12-16(17(13-23)20(25)26)15-6-3-4-7-18(15)27-2/h3-4,6-7,9,11,16-17H,5,8,10,12-13H2,1-2H3,(H,25,26)/t16-,17+/m1/s1. The van der Waals surface area contributed by atoms with Crippen LogP contribution in [0, 0.1) is 12.8 Å². The van der Waals surface area contributed by atoms with E-state index in [-0.39, 0.29) is 18.4 Å². The van der Waals surface area contributed by atoms with Crippen LogP contribution in [0.15, 0.2) is 36.7 Å². The van der Waals surface area contributed by atoms with Crippen LogP contribution in [-0.4, -0.2) is 51.6 Å². The number of carbonyl (C=O) groups excluding carboxylic acids is 1. The number of aliphatic carboxylic acids is 1. The number of likely N-dealkylation sites (tertiary alicyclic amines) is 1. The molecule has 2 atom stereocenters. The van der Waals surface area contributed by atoms with E-state index in [1.54, 1.807) is 18.2 Å². The van der Waals surface area contributed by atoms with Gasteiger partial charge in [0.25, 0.3) is 0 Å². The Morgan fingerprint density at radius 3 is 2.74 bits per heavy atom. The number of carboxylic acids is 1. The largest absolute Gasteiger partial charge is 0.496 e. The van der Waals surface area contributed by atoms with Crippen LogP contribution < -0.4 is 4.74 Å². The van der Waals surface area contributed by atoms with Gasteiger partial charge in [-0.2, -0.15) is 0 Å². The Morgan fingerprint density at radius 1 is 1.30 bits per heavy atom. The SMILES string of the molecule is COc1ccccc1[C@H]1CN(C(=O)CCCn2ccnc2C)C[C@@H]1C(=O)O. The molecule has 2 heterocycles. The van der Waals surface area contributed by atoms with Crippen molar-refractivity contribution in [3.8, 4) is 5.75 Å². The number of amides is 1. The Balaban J connectivity index is 1.66. The molecule has 1 N–H and O–H groups in total. The van der Waals surface area contributed by atoms with Crippen molar-refractivity contribution in [2.24, 2.45) is 5.92 Å². The Labute approximate surface area is 158 Å². The van der Waals surface area contributed by atoms with E-state index in [1.165, 1.54) is 0 Å². The molecule has 1 amide bonds. The summed E-state index contributed by atoms with van der Waals surface area (Å²) in [6.07, 6.45) is 4.73. The summed E-state index contributed by atoms with van der Waals surface area (Å²) in [6, 6.07) is 7.43. The number of nitrogens with zero attached hydrogens (tertiary/aromatic N) is 3. The monoisotopic (exact) mass is 371 g/mol. The minimum atomic E-state index is -0.879. The number of methoxy groups -OCH3 is 1. The molecular formula is C20H25N3O4. The minimum Gasteiger partial charge on any atom is -0.496 e. The molecule has 0 aliphatic carbocycles. The molecule has 27 heavy (non-hydrogen) atoms. The van der Waals surface area contributed by atoms with Gasteiger partial charge in [-0.3, -0.25) is 9.59 Å². The molecule has 3 rings (SSSR count). The summed E-state index contributed by atoms with van der Waals surface area (Å²) in [7, 11) is 1.57. The van der Waals surface area contributed by atoms with Gasteiger partial charge in [0.1, 0.15) is 11.6 Å². The highest BCUT2D eigenvalue weighted by Gasteiger charge is 2.41. The molecule has 0 unspecified atom stereocenters. The number of para-hydroxylation sites is 1. The fraction of sp³-hybridized carbons (Fsp3) is 0.450. The average Bonchev–Trinajstić information content (AvgIpc) is 3.28. The summed E-state index contributed by atoms with van der Waals surface area (Å²) in [5.41, 5.74) is 0.844. The van der Waals surface area contributed by atoms with Gasteiger partial charge in [-0.05, 0) is 25.0 Å². The summed E-state index contributed by atoms with van der Waals surface area (Å²) in [5.74, 6) is -0.185. The van der Waals surface area contributed by atoms with E-state index in [9.17, 15) is 14.7 Å². The van der Waals surface area contributed by atoms with Crippen LogP contribution in [0.3, 0.4) is 0 Å². The second-order valence-electron chi connectivity index (χ2n) is 6.86. The summed E-state index contributed by atoms with van der Waals surface area (Å²) in [5, 5.41) is 9.65. The van der Waals surface area contributed by atoms with Crippen molar-refractivity contribution in [3.05, 3.63) is 48.0 Å². The minimum absolute atomic E-state index is 0.00332. The van der Waals surface area contributed by atoms with Crippen molar-refractivity contribution in [1.29, 1.82) is 0 Å². The van der Waals surface area contributed by atoms with Gasteiger partial charge in [0, 0.05) is 44.4 Å². The lowest BCUT2D eigenvalue weighted by Crippen LogP contribution is -2.29. The number of aryl methyl sites for hydroxylation is 2. The topological polar surface area (TPSA) is 84.7 Å². The van der Waals surface area contributed by atoms with Gasteiger partial charge in [-0.1, -0.05) is 18.2 Å². The first-order chi connectivity index (χ1) is 13.0. The van der Waals surface area contributed by atoms with Crippen molar-refractivity contribution in [2.45, 2.75) is 32.2 Å². The zero-order valence-corrected chi connectivity index (χ0v) is 15.7. The lowest BCUT2D eigenvalue weighted by Gasteiger charge is -2.18. The number of hydrogen-bond acceptors (Lipinski definition) is 4. The zero-order valence-electron chi connectivity index (χ0n) is 15.7. The third kappa shape index (κ3) is 4.13. The Morgan fingerprint density at radius 2 is 2.07 bits per heavy atom. The Bertz CT molecular complexity index is 817. The molecule has 1 fully saturated rings. The molecule has 1 aliphatic heterocycles. The molecule has 0 saturated carbocycles. The Kier molecular flexibility index (Phi) is 5.78. The van der Waals surface area contributed by atoms with Gasteiger partial charge in [0.15, 0.2) is 0 Å². The lowest BCUT2D eigenvalue weighted by molar-refractivity contribution is -0.141. The van der Waals surface area contributed by atoms with Crippen molar-refractivity contribution in [2.75, 3.05) is 20.2 Å². The molecule has 144 valence electrons. The van der Waals surface area contributed by atoms with Gasteiger partial charge in [-0.25, -0.2) is 4.98 Å². The predicted molar refractivity (Wildman–Crippen MR) is 99.6 cm³/mol. The molecule has 1 aromatic heterocycles. The number of ether oxygens (including phenoxy) is 1. The highest BCUT2D eigenvalue weighted by atomic mass is 16.5. The van der Waals surface area contributed by atoms with Crippen LogP contribution >= 0.6 is 0 Å². The molecule has 2 aromatic rings. The normalized spacial score (nSPS) is 19.3. The number of rotatable bonds is 7. The number of benzene rings is 1. The first kappa shape index (κ1) is 18.9. The maximum atomic E-state index is 12.6. The molecule has 0 bridgehead atoms. The molecule has 0 spiro atoms. The Hall–Kier alpha value is -2.83. The molecule has 7 nitrogen and oxygen atoms in total. The molecule has 1 aliphatic rings. The van der Waals surface area contributed by atoms with E-state index in [0.717, 1.165) is 17.9 Å². The van der Waals surface area contributed by atoms with Crippen LogP contribution in [0.1, 0.15) is 30.1 Å².